The topological polar surface area (TPSA) is 88.3 Å². The molecule has 0 fully saturated rings. The quantitative estimate of drug-likeness (QED) is 0.888. The van der Waals surface area contributed by atoms with Gasteiger partial charge in [0.1, 0.15) is 12.1 Å². The van der Waals surface area contributed by atoms with Gasteiger partial charge in [0.05, 0.1) is 11.5 Å². The van der Waals surface area contributed by atoms with E-state index in [0.29, 0.717) is 11.4 Å². The second-order valence-electron chi connectivity index (χ2n) is 4.80. The fourth-order valence-corrected chi connectivity index (χ4v) is 1.85. The van der Waals surface area contributed by atoms with Crippen LogP contribution in [0.15, 0.2) is 37.1 Å². The highest BCUT2D eigenvalue weighted by Gasteiger charge is 2.18. The van der Waals surface area contributed by atoms with Crippen LogP contribution in [-0.4, -0.2) is 50.0 Å². The average molecular weight is 288 g/mol. The average Bonchev–Trinajstić information content (AvgIpc) is 3.00. The third-order valence-electron chi connectivity index (χ3n) is 3.08. The number of hydrogen-bond donors (Lipinski definition) is 1. The summed E-state index contributed by atoms with van der Waals surface area (Å²) in [5.74, 6) is -1.14. The molecule has 0 saturated heterocycles. The molecule has 2 aromatic rings. The van der Waals surface area contributed by atoms with E-state index in [1.807, 2.05) is 0 Å². The second kappa shape index (κ2) is 6.17. The van der Waals surface area contributed by atoms with Crippen LogP contribution in [-0.2, 0) is 4.79 Å². The lowest BCUT2D eigenvalue weighted by molar-refractivity contribution is -0.141. The maximum Gasteiger partial charge on any atom is 0.308 e. The van der Waals surface area contributed by atoms with Gasteiger partial charge in [-0.25, -0.2) is 9.97 Å². The first kappa shape index (κ1) is 14.7. The van der Waals surface area contributed by atoms with Gasteiger partial charge in [0.25, 0.3) is 5.91 Å². The maximum atomic E-state index is 12.2. The normalized spacial score (nSPS) is 11.9. The molecule has 2 rings (SSSR count). The van der Waals surface area contributed by atoms with Gasteiger partial charge in [0, 0.05) is 32.2 Å². The van der Waals surface area contributed by atoms with Gasteiger partial charge in [-0.3, -0.25) is 14.2 Å². The van der Waals surface area contributed by atoms with Gasteiger partial charge in [-0.15, -0.1) is 0 Å². The lowest BCUT2D eigenvalue weighted by atomic mass is 10.1. The predicted molar refractivity (Wildman–Crippen MR) is 75.1 cm³/mol. The van der Waals surface area contributed by atoms with Gasteiger partial charge in [-0.1, -0.05) is 6.92 Å². The molecule has 2 heterocycles. The molecular weight excluding hydrogens is 272 g/mol. The summed E-state index contributed by atoms with van der Waals surface area (Å²) in [6.45, 7) is 1.71. The zero-order chi connectivity index (χ0) is 15.4. The van der Waals surface area contributed by atoms with Crippen molar-refractivity contribution in [1.29, 1.82) is 0 Å². The Morgan fingerprint density at radius 1 is 1.43 bits per heavy atom. The van der Waals surface area contributed by atoms with Crippen molar-refractivity contribution in [3.8, 4) is 5.82 Å². The van der Waals surface area contributed by atoms with Gasteiger partial charge in [0.2, 0.25) is 0 Å². The molecule has 7 heteroatoms. The first-order chi connectivity index (χ1) is 9.99. The van der Waals surface area contributed by atoms with Crippen molar-refractivity contribution in [1.82, 2.24) is 19.4 Å². The number of amides is 1. The van der Waals surface area contributed by atoms with Crippen molar-refractivity contribution in [2.75, 3.05) is 13.6 Å². The summed E-state index contributed by atoms with van der Waals surface area (Å²) < 4.78 is 1.73. The number of aliphatic carboxylic acids is 1. The smallest absolute Gasteiger partial charge is 0.308 e. The van der Waals surface area contributed by atoms with Crippen LogP contribution >= 0.6 is 0 Å². The van der Waals surface area contributed by atoms with Crippen molar-refractivity contribution >= 4 is 11.9 Å². The predicted octanol–water partition coefficient (Wildman–Crippen LogP) is 1.06. The molecule has 7 nitrogen and oxygen atoms in total. The van der Waals surface area contributed by atoms with E-state index in [1.54, 1.807) is 49.4 Å². The van der Waals surface area contributed by atoms with E-state index >= 15 is 0 Å². The Morgan fingerprint density at radius 2 is 2.19 bits per heavy atom. The fourth-order valence-electron chi connectivity index (χ4n) is 1.85. The number of carbonyl (C=O) groups excluding carboxylic acids is 1. The molecule has 2 aromatic heterocycles. The Bertz CT molecular complexity index is 622. The first-order valence-corrected chi connectivity index (χ1v) is 6.41. The van der Waals surface area contributed by atoms with Gasteiger partial charge < -0.3 is 10.0 Å². The fraction of sp³-hybridized carbons (Fsp3) is 0.286. The van der Waals surface area contributed by atoms with Crippen LogP contribution in [0.4, 0.5) is 0 Å². The molecule has 0 aliphatic heterocycles. The Hall–Kier alpha value is -2.70. The summed E-state index contributed by atoms with van der Waals surface area (Å²) in [6.07, 6.45) is 6.48. The summed E-state index contributed by atoms with van der Waals surface area (Å²) in [5, 5.41) is 8.87. The van der Waals surface area contributed by atoms with Crippen LogP contribution < -0.4 is 0 Å². The van der Waals surface area contributed by atoms with Crippen LogP contribution in [0.3, 0.4) is 0 Å². The molecule has 0 spiro atoms. The highest BCUT2D eigenvalue weighted by atomic mass is 16.4. The SMILES string of the molecule is CC(CN(C)C(=O)c1ccc(-n2ccnc2)nc1)C(=O)O. The largest absolute Gasteiger partial charge is 0.481 e. The molecule has 1 atom stereocenters. The van der Waals surface area contributed by atoms with Crippen molar-refractivity contribution < 1.29 is 14.7 Å². The van der Waals surface area contributed by atoms with Gasteiger partial charge in [0.15, 0.2) is 0 Å². The van der Waals surface area contributed by atoms with E-state index in [-0.39, 0.29) is 12.5 Å². The molecule has 1 unspecified atom stereocenters. The minimum Gasteiger partial charge on any atom is -0.481 e. The molecule has 0 aromatic carbocycles. The molecular formula is C14H16N4O3. The molecule has 0 aliphatic carbocycles. The summed E-state index contributed by atoms with van der Waals surface area (Å²) in [7, 11) is 1.57. The van der Waals surface area contributed by atoms with Crippen molar-refractivity contribution in [2.24, 2.45) is 5.92 Å². The maximum absolute atomic E-state index is 12.2. The molecule has 1 N–H and O–H groups in total. The lowest BCUT2D eigenvalue weighted by Gasteiger charge is -2.19. The first-order valence-electron chi connectivity index (χ1n) is 6.41. The number of rotatable bonds is 5. The Kier molecular flexibility index (Phi) is 4.32. The van der Waals surface area contributed by atoms with E-state index < -0.39 is 11.9 Å². The second-order valence-corrected chi connectivity index (χ2v) is 4.80. The van der Waals surface area contributed by atoms with Gasteiger partial charge in [-0.2, -0.15) is 0 Å². The van der Waals surface area contributed by atoms with E-state index in [0.717, 1.165) is 0 Å². The Morgan fingerprint density at radius 3 is 2.71 bits per heavy atom. The Balaban J connectivity index is 2.07. The number of imidazole rings is 1. The monoisotopic (exact) mass is 288 g/mol. The molecule has 110 valence electrons. The molecule has 0 saturated carbocycles. The number of carboxylic acids is 1. The van der Waals surface area contributed by atoms with Crippen LogP contribution in [0.2, 0.25) is 0 Å². The van der Waals surface area contributed by atoms with Crippen molar-refractivity contribution in [3.05, 3.63) is 42.6 Å². The number of aromatic nitrogens is 3. The number of carbonyl (C=O) groups is 2. The molecule has 21 heavy (non-hydrogen) atoms. The summed E-state index contributed by atoms with van der Waals surface area (Å²) >= 11 is 0. The van der Waals surface area contributed by atoms with Crippen molar-refractivity contribution in [3.63, 3.8) is 0 Å². The highest BCUT2D eigenvalue weighted by molar-refractivity contribution is 5.94. The van der Waals surface area contributed by atoms with Gasteiger partial charge in [-0.05, 0) is 12.1 Å². The standard InChI is InChI=1S/C14H16N4O3/c1-10(14(20)21)8-17(2)13(19)11-3-4-12(16-7-11)18-6-5-15-9-18/h3-7,9-10H,8H2,1-2H3,(H,20,21). The number of nitrogens with zero attached hydrogens (tertiary/aromatic N) is 4. The summed E-state index contributed by atoms with van der Waals surface area (Å²) in [5.41, 5.74) is 0.416. The Labute approximate surface area is 121 Å². The zero-order valence-corrected chi connectivity index (χ0v) is 11.8. The van der Waals surface area contributed by atoms with E-state index in [1.165, 1.54) is 11.1 Å². The molecule has 0 bridgehead atoms. The third kappa shape index (κ3) is 3.44. The summed E-state index contributed by atoms with van der Waals surface area (Å²) in [4.78, 5) is 32.5. The molecule has 0 aliphatic rings. The highest BCUT2D eigenvalue weighted by Crippen LogP contribution is 2.09. The number of pyridine rings is 1. The van der Waals surface area contributed by atoms with Crippen LogP contribution in [0, 0.1) is 5.92 Å². The molecule has 1 amide bonds. The van der Waals surface area contributed by atoms with Crippen LogP contribution in [0.5, 0.6) is 0 Å². The number of hydrogen-bond acceptors (Lipinski definition) is 4. The summed E-state index contributed by atoms with van der Waals surface area (Å²) in [6, 6.07) is 3.37. The van der Waals surface area contributed by atoms with Crippen LogP contribution in [0.1, 0.15) is 17.3 Å². The van der Waals surface area contributed by atoms with Crippen LogP contribution in [0.25, 0.3) is 5.82 Å². The van der Waals surface area contributed by atoms with E-state index in [9.17, 15) is 9.59 Å². The van der Waals surface area contributed by atoms with E-state index in [4.69, 9.17) is 5.11 Å². The zero-order valence-electron chi connectivity index (χ0n) is 11.8. The van der Waals surface area contributed by atoms with Crippen molar-refractivity contribution in [2.45, 2.75) is 6.92 Å². The minimum absolute atomic E-state index is 0.150. The molecule has 0 radical (unpaired) electrons. The van der Waals surface area contributed by atoms with Gasteiger partial charge >= 0.3 is 5.97 Å². The third-order valence-corrected chi connectivity index (χ3v) is 3.08. The number of carboxylic acid groups (broad SMARTS) is 1. The lowest BCUT2D eigenvalue weighted by Crippen LogP contribution is -2.33. The minimum atomic E-state index is -0.928. The van der Waals surface area contributed by atoms with E-state index in [2.05, 4.69) is 9.97 Å².